The van der Waals surface area contributed by atoms with Gasteiger partial charge in [-0.05, 0) is 25.1 Å². The van der Waals surface area contributed by atoms with Crippen molar-refractivity contribution < 1.29 is 17.7 Å². The van der Waals surface area contributed by atoms with Crippen molar-refractivity contribution in [3.63, 3.8) is 0 Å². The zero-order chi connectivity index (χ0) is 19.1. The summed E-state index contributed by atoms with van der Waals surface area (Å²) in [7, 11) is -2.48. The minimum atomic E-state index is -3.94. The van der Waals surface area contributed by atoms with E-state index >= 15 is 0 Å². The standard InChI is InChI=1S/C17H14Cl2N2O4S/c1-9-15(11-5-3-4-6-14(11)26(20,22)23)16(21-25-9)10-7-12(18)17(24-2)13(19)8-10/h3-8H,1-2H3,(H2,20,22,23). The summed E-state index contributed by atoms with van der Waals surface area (Å²) in [5.41, 5.74) is 1.82. The van der Waals surface area contributed by atoms with Crippen LogP contribution in [0, 0.1) is 6.92 Å². The number of hydrogen-bond donors (Lipinski definition) is 1. The average molecular weight is 413 g/mol. The number of benzene rings is 2. The number of rotatable bonds is 4. The van der Waals surface area contributed by atoms with Gasteiger partial charge in [0.1, 0.15) is 11.5 Å². The molecule has 0 bridgehead atoms. The molecular formula is C17H14Cl2N2O4S. The van der Waals surface area contributed by atoms with Crippen molar-refractivity contribution in [3.8, 4) is 28.1 Å². The molecule has 3 rings (SSSR count). The van der Waals surface area contributed by atoms with Crippen LogP contribution in [0.5, 0.6) is 5.75 Å². The molecule has 0 aliphatic heterocycles. The summed E-state index contributed by atoms with van der Waals surface area (Å²) in [5.74, 6) is 0.767. The van der Waals surface area contributed by atoms with Gasteiger partial charge >= 0.3 is 0 Å². The molecule has 1 heterocycles. The molecule has 0 aliphatic rings. The Balaban J connectivity index is 2.29. The van der Waals surface area contributed by atoms with E-state index < -0.39 is 10.0 Å². The van der Waals surface area contributed by atoms with E-state index in [9.17, 15) is 8.42 Å². The second kappa shape index (κ2) is 6.92. The zero-order valence-corrected chi connectivity index (χ0v) is 16.1. The number of ether oxygens (including phenoxy) is 1. The van der Waals surface area contributed by atoms with Crippen molar-refractivity contribution in [1.29, 1.82) is 0 Å². The molecule has 2 N–H and O–H groups in total. The Morgan fingerprint density at radius 1 is 1.15 bits per heavy atom. The maximum absolute atomic E-state index is 12.0. The van der Waals surface area contributed by atoms with Crippen molar-refractivity contribution >= 4 is 33.2 Å². The summed E-state index contributed by atoms with van der Waals surface area (Å²) in [4.78, 5) is -0.0294. The molecular weight excluding hydrogens is 399 g/mol. The first-order valence-electron chi connectivity index (χ1n) is 7.36. The molecule has 0 saturated heterocycles. The van der Waals surface area contributed by atoms with Crippen LogP contribution in [0.2, 0.25) is 10.0 Å². The maximum Gasteiger partial charge on any atom is 0.238 e. The molecule has 9 heteroatoms. The maximum atomic E-state index is 12.0. The third-order valence-electron chi connectivity index (χ3n) is 3.80. The van der Waals surface area contributed by atoms with E-state index in [0.717, 1.165) is 0 Å². The normalized spacial score (nSPS) is 11.6. The largest absolute Gasteiger partial charge is 0.494 e. The molecule has 136 valence electrons. The van der Waals surface area contributed by atoms with Crippen LogP contribution in [-0.2, 0) is 10.0 Å². The number of methoxy groups -OCH3 is 1. The predicted octanol–water partition coefficient (Wildman–Crippen LogP) is 4.28. The number of halogens is 2. The SMILES string of the molecule is COc1c(Cl)cc(-c2noc(C)c2-c2ccccc2S(N)(=O)=O)cc1Cl. The molecule has 3 aromatic rings. The van der Waals surface area contributed by atoms with Crippen LogP contribution in [0.25, 0.3) is 22.4 Å². The molecule has 0 saturated carbocycles. The Morgan fingerprint density at radius 3 is 2.35 bits per heavy atom. The Kier molecular flexibility index (Phi) is 4.98. The van der Waals surface area contributed by atoms with Gasteiger partial charge in [-0.3, -0.25) is 0 Å². The Hall–Kier alpha value is -2.06. The predicted molar refractivity (Wildman–Crippen MR) is 100 cm³/mol. The fourth-order valence-corrected chi connectivity index (χ4v) is 4.09. The Morgan fingerprint density at radius 2 is 1.77 bits per heavy atom. The minimum absolute atomic E-state index is 0.0294. The van der Waals surface area contributed by atoms with Gasteiger partial charge < -0.3 is 9.26 Å². The van der Waals surface area contributed by atoms with Crippen molar-refractivity contribution in [1.82, 2.24) is 5.16 Å². The van der Waals surface area contributed by atoms with Gasteiger partial charge in [0.15, 0.2) is 5.75 Å². The number of aryl methyl sites for hydroxylation is 1. The van der Waals surface area contributed by atoms with Gasteiger partial charge in [0.25, 0.3) is 0 Å². The van der Waals surface area contributed by atoms with Crippen LogP contribution in [0.1, 0.15) is 5.76 Å². The summed E-state index contributed by atoms with van der Waals surface area (Å²) < 4.78 is 34.4. The number of aromatic nitrogens is 1. The Bertz CT molecular complexity index is 1070. The third-order valence-corrected chi connectivity index (χ3v) is 5.33. The molecule has 26 heavy (non-hydrogen) atoms. The molecule has 2 aromatic carbocycles. The summed E-state index contributed by atoms with van der Waals surface area (Å²) in [5, 5.41) is 9.99. The van der Waals surface area contributed by atoms with E-state index in [1.54, 1.807) is 37.3 Å². The first-order chi connectivity index (χ1) is 12.2. The molecule has 0 aliphatic carbocycles. The van der Waals surface area contributed by atoms with Crippen LogP contribution in [0.3, 0.4) is 0 Å². The van der Waals surface area contributed by atoms with E-state index in [2.05, 4.69) is 5.16 Å². The molecule has 0 atom stereocenters. The molecule has 6 nitrogen and oxygen atoms in total. The van der Waals surface area contributed by atoms with E-state index in [-0.39, 0.29) is 4.90 Å². The van der Waals surface area contributed by atoms with Crippen molar-refractivity contribution in [3.05, 3.63) is 52.2 Å². The van der Waals surface area contributed by atoms with E-state index in [4.69, 9.17) is 37.6 Å². The quantitative estimate of drug-likeness (QED) is 0.689. The minimum Gasteiger partial charge on any atom is -0.494 e. The van der Waals surface area contributed by atoms with Gasteiger partial charge in [0, 0.05) is 11.1 Å². The first-order valence-corrected chi connectivity index (χ1v) is 9.66. The number of sulfonamides is 1. The summed E-state index contributed by atoms with van der Waals surface area (Å²) in [6.45, 7) is 1.68. The van der Waals surface area contributed by atoms with Gasteiger partial charge in [-0.1, -0.05) is 46.6 Å². The molecule has 1 aromatic heterocycles. The summed E-state index contributed by atoms with van der Waals surface area (Å²) >= 11 is 12.4. The highest BCUT2D eigenvalue weighted by Crippen LogP contribution is 2.42. The lowest BCUT2D eigenvalue weighted by Gasteiger charge is -2.10. The number of nitrogens with two attached hydrogens (primary N) is 1. The van der Waals surface area contributed by atoms with Crippen LogP contribution in [-0.4, -0.2) is 20.7 Å². The lowest BCUT2D eigenvalue weighted by atomic mass is 9.99. The van der Waals surface area contributed by atoms with Gasteiger partial charge in [-0.15, -0.1) is 0 Å². The molecule has 0 radical (unpaired) electrons. The molecule has 0 amide bonds. The summed E-state index contributed by atoms with van der Waals surface area (Å²) in [6.07, 6.45) is 0. The van der Waals surface area contributed by atoms with Gasteiger partial charge in [-0.2, -0.15) is 0 Å². The molecule has 0 unspecified atom stereocenters. The number of nitrogens with zero attached hydrogens (tertiary/aromatic N) is 1. The van der Waals surface area contributed by atoms with Gasteiger partial charge in [0.2, 0.25) is 10.0 Å². The van der Waals surface area contributed by atoms with Crippen molar-refractivity contribution in [2.24, 2.45) is 5.14 Å². The topological polar surface area (TPSA) is 95.4 Å². The molecule has 0 spiro atoms. The van der Waals surface area contributed by atoms with Gasteiger partial charge in [-0.25, -0.2) is 13.6 Å². The van der Waals surface area contributed by atoms with Gasteiger partial charge in [0.05, 0.1) is 27.6 Å². The van der Waals surface area contributed by atoms with Crippen LogP contribution < -0.4 is 9.88 Å². The second-order valence-corrected chi connectivity index (χ2v) is 7.82. The van der Waals surface area contributed by atoms with E-state index in [1.807, 2.05) is 0 Å². The second-order valence-electron chi connectivity index (χ2n) is 5.48. The van der Waals surface area contributed by atoms with Crippen LogP contribution >= 0.6 is 23.2 Å². The smallest absolute Gasteiger partial charge is 0.238 e. The average Bonchev–Trinajstić information content (AvgIpc) is 2.95. The first kappa shape index (κ1) is 18.7. The number of hydrogen-bond acceptors (Lipinski definition) is 5. The fraction of sp³-hybridized carbons (Fsp3) is 0.118. The van der Waals surface area contributed by atoms with Crippen LogP contribution in [0.4, 0.5) is 0 Å². The highest BCUT2D eigenvalue weighted by Gasteiger charge is 2.24. The number of primary sulfonamides is 1. The Labute approximate surface area is 160 Å². The lowest BCUT2D eigenvalue weighted by Crippen LogP contribution is -2.13. The van der Waals surface area contributed by atoms with E-state index in [0.29, 0.717) is 43.9 Å². The lowest BCUT2D eigenvalue weighted by molar-refractivity contribution is 0.400. The summed E-state index contributed by atoms with van der Waals surface area (Å²) in [6, 6.07) is 9.59. The van der Waals surface area contributed by atoms with Crippen molar-refractivity contribution in [2.45, 2.75) is 11.8 Å². The monoisotopic (exact) mass is 412 g/mol. The fourth-order valence-electron chi connectivity index (χ4n) is 2.70. The highest BCUT2D eigenvalue weighted by atomic mass is 35.5. The third kappa shape index (κ3) is 3.31. The van der Waals surface area contributed by atoms with Crippen LogP contribution in [0.15, 0.2) is 45.8 Å². The van der Waals surface area contributed by atoms with E-state index in [1.165, 1.54) is 13.2 Å². The molecule has 0 fully saturated rings. The highest BCUT2D eigenvalue weighted by molar-refractivity contribution is 7.89. The zero-order valence-electron chi connectivity index (χ0n) is 13.8. The van der Waals surface area contributed by atoms with Crippen molar-refractivity contribution in [2.75, 3.05) is 7.11 Å².